The Balaban J connectivity index is 2.22. The Labute approximate surface area is 112 Å². The van der Waals surface area contributed by atoms with Crippen LogP contribution < -0.4 is 5.32 Å². The summed E-state index contributed by atoms with van der Waals surface area (Å²) in [6.45, 7) is 5.64. The van der Waals surface area contributed by atoms with E-state index in [-0.39, 0.29) is 17.6 Å². The van der Waals surface area contributed by atoms with E-state index >= 15 is 0 Å². The van der Waals surface area contributed by atoms with Crippen molar-refractivity contribution in [1.29, 1.82) is 0 Å². The lowest BCUT2D eigenvalue weighted by atomic mass is 10.0. The van der Waals surface area contributed by atoms with Gasteiger partial charge in [-0.15, -0.1) is 0 Å². The average molecular weight is 259 g/mol. The topological polar surface area (TPSA) is 32.3 Å². The minimum atomic E-state index is -0.231. The maximum absolute atomic E-state index is 13.5. The monoisotopic (exact) mass is 259 g/mol. The van der Waals surface area contributed by atoms with Crippen LogP contribution in [0.2, 0.25) is 0 Å². The van der Waals surface area contributed by atoms with Gasteiger partial charge in [-0.25, -0.2) is 4.39 Å². The summed E-state index contributed by atoms with van der Waals surface area (Å²) in [5.74, 6) is 0.0175. The minimum Gasteiger partial charge on any atom is -0.508 e. The Kier molecular flexibility index (Phi) is 3.74. The van der Waals surface area contributed by atoms with Crippen molar-refractivity contribution >= 4 is 5.69 Å². The Morgan fingerprint density at radius 1 is 1.11 bits per heavy atom. The highest BCUT2D eigenvalue weighted by Crippen LogP contribution is 2.28. The fourth-order valence-electron chi connectivity index (χ4n) is 2.03. The van der Waals surface area contributed by atoms with Gasteiger partial charge in [0.25, 0.3) is 0 Å². The largest absolute Gasteiger partial charge is 0.508 e. The molecule has 0 aliphatic carbocycles. The lowest BCUT2D eigenvalue weighted by Crippen LogP contribution is -2.07. The van der Waals surface area contributed by atoms with Crippen molar-refractivity contribution in [2.24, 2.45) is 0 Å². The van der Waals surface area contributed by atoms with Crippen LogP contribution in [0, 0.1) is 19.7 Å². The van der Waals surface area contributed by atoms with Crippen molar-refractivity contribution in [2.75, 3.05) is 5.32 Å². The van der Waals surface area contributed by atoms with E-state index in [0.29, 0.717) is 11.3 Å². The molecule has 0 spiro atoms. The third-order valence-corrected chi connectivity index (χ3v) is 3.20. The van der Waals surface area contributed by atoms with E-state index in [0.717, 1.165) is 11.1 Å². The molecular weight excluding hydrogens is 241 g/mol. The van der Waals surface area contributed by atoms with Gasteiger partial charge in [0, 0.05) is 11.3 Å². The molecule has 3 heteroatoms. The summed E-state index contributed by atoms with van der Waals surface area (Å²) in [6, 6.07) is 10.4. The molecule has 0 radical (unpaired) electrons. The van der Waals surface area contributed by atoms with Crippen LogP contribution in [0.4, 0.5) is 10.1 Å². The highest BCUT2D eigenvalue weighted by Gasteiger charge is 2.11. The molecule has 2 nitrogen and oxygen atoms in total. The number of benzene rings is 2. The van der Waals surface area contributed by atoms with Gasteiger partial charge in [-0.3, -0.25) is 0 Å². The first-order chi connectivity index (χ1) is 8.97. The summed E-state index contributed by atoms with van der Waals surface area (Å²) in [5.41, 5.74) is 3.21. The molecule has 0 saturated heterocycles. The molecule has 19 heavy (non-hydrogen) atoms. The number of hydrogen-bond acceptors (Lipinski definition) is 2. The van der Waals surface area contributed by atoms with E-state index in [9.17, 15) is 9.50 Å². The van der Waals surface area contributed by atoms with E-state index in [4.69, 9.17) is 0 Å². The number of aryl methyl sites for hydroxylation is 2. The van der Waals surface area contributed by atoms with Crippen LogP contribution in [0.5, 0.6) is 5.75 Å². The van der Waals surface area contributed by atoms with Crippen LogP contribution in [-0.4, -0.2) is 5.11 Å². The van der Waals surface area contributed by atoms with E-state index in [2.05, 4.69) is 5.32 Å². The lowest BCUT2D eigenvalue weighted by molar-refractivity contribution is 0.465. The van der Waals surface area contributed by atoms with Crippen LogP contribution in [-0.2, 0) is 0 Å². The molecule has 0 bridgehead atoms. The Hall–Kier alpha value is -2.03. The number of phenols is 1. The minimum absolute atomic E-state index is 0.0954. The first-order valence-corrected chi connectivity index (χ1v) is 6.29. The first-order valence-electron chi connectivity index (χ1n) is 6.29. The smallest absolute Gasteiger partial charge is 0.128 e. The number of halogens is 1. The van der Waals surface area contributed by atoms with Gasteiger partial charge >= 0.3 is 0 Å². The van der Waals surface area contributed by atoms with Crippen molar-refractivity contribution in [3.63, 3.8) is 0 Å². The summed E-state index contributed by atoms with van der Waals surface area (Å²) in [7, 11) is 0. The van der Waals surface area contributed by atoms with E-state index in [1.807, 2.05) is 32.0 Å². The van der Waals surface area contributed by atoms with Gasteiger partial charge in [0.1, 0.15) is 11.6 Å². The van der Waals surface area contributed by atoms with E-state index in [1.165, 1.54) is 6.07 Å². The van der Waals surface area contributed by atoms with Crippen LogP contribution in [0.1, 0.15) is 29.7 Å². The first kappa shape index (κ1) is 13.4. The molecule has 0 saturated carbocycles. The average Bonchev–Trinajstić information content (AvgIpc) is 2.36. The van der Waals surface area contributed by atoms with Gasteiger partial charge in [-0.1, -0.05) is 23.8 Å². The van der Waals surface area contributed by atoms with Gasteiger partial charge in [-0.05, 0) is 44.5 Å². The molecule has 0 amide bonds. The number of rotatable bonds is 3. The summed E-state index contributed by atoms with van der Waals surface area (Å²) in [5, 5.41) is 13.1. The number of hydrogen-bond donors (Lipinski definition) is 2. The lowest BCUT2D eigenvalue weighted by Gasteiger charge is -2.17. The fraction of sp³-hybridized carbons (Fsp3) is 0.250. The van der Waals surface area contributed by atoms with Crippen molar-refractivity contribution in [3.8, 4) is 5.75 Å². The second-order valence-corrected chi connectivity index (χ2v) is 4.89. The molecule has 0 aliphatic rings. The van der Waals surface area contributed by atoms with Crippen LogP contribution in [0.3, 0.4) is 0 Å². The van der Waals surface area contributed by atoms with Crippen LogP contribution in [0.15, 0.2) is 36.4 Å². The second kappa shape index (κ2) is 5.31. The molecule has 2 rings (SSSR count). The fourth-order valence-corrected chi connectivity index (χ4v) is 2.03. The highest BCUT2D eigenvalue weighted by molar-refractivity contribution is 5.49. The van der Waals surface area contributed by atoms with E-state index in [1.54, 1.807) is 19.1 Å². The number of phenolic OH excluding ortho intramolecular Hbond substituents is 1. The maximum Gasteiger partial charge on any atom is 0.128 e. The summed E-state index contributed by atoms with van der Waals surface area (Å²) >= 11 is 0. The van der Waals surface area contributed by atoms with Crippen LogP contribution >= 0.6 is 0 Å². The van der Waals surface area contributed by atoms with Crippen molar-refractivity contribution in [2.45, 2.75) is 26.8 Å². The molecule has 0 aromatic heterocycles. The van der Waals surface area contributed by atoms with Crippen molar-refractivity contribution < 1.29 is 9.50 Å². The predicted molar refractivity (Wildman–Crippen MR) is 76.0 cm³/mol. The summed E-state index contributed by atoms with van der Waals surface area (Å²) < 4.78 is 13.5. The van der Waals surface area contributed by atoms with Crippen molar-refractivity contribution in [1.82, 2.24) is 0 Å². The summed E-state index contributed by atoms with van der Waals surface area (Å²) in [4.78, 5) is 0. The normalized spacial score (nSPS) is 12.2. The van der Waals surface area contributed by atoms with Gasteiger partial charge in [0.2, 0.25) is 0 Å². The maximum atomic E-state index is 13.5. The molecule has 1 atom stereocenters. The zero-order chi connectivity index (χ0) is 14.0. The molecule has 2 aromatic carbocycles. The molecule has 0 aliphatic heterocycles. The molecule has 2 N–H and O–H groups in total. The van der Waals surface area contributed by atoms with Gasteiger partial charge in [-0.2, -0.15) is 0 Å². The quantitative estimate of drug-likeness (QED) is 0.860. The molecule has 0 fully saturated rings. The van der Waals surface area contributed by atoms with Gasteiger partial charge in [0.05, 0.1) is 6.04 Å². The Morgan fingerprint density at radius 3 is 2.53 bits per heavy atom. The molecule has 0 heterocycles. The van der Waals surface area contributed by atoms with Crippen LogP contribution in [0.25, 0.3) is 0 Å². The highest BCUT2D eigenvalue weighted by atomic mass is 19.1. The van der Waals surface area contributed by atoms with Gasteiger partial charge < -0.3 is 10.4 Å². The Bertz CT molecular complexity index is 595. The van der Waals surface area contributed by atoms with Gasteiger partial charge in [0.15, 0.2) is 0 Å². The molecule has 100 valence electrons. The standard InChI is InChI=1S/C16H18FNO/c1-10-4-7-16(19)14(8-10)12(3)18-13-6-5-11(2)15(17)9-13/h4-9,12,18-19H,1-3H3. The second-order valence-electron chi connectivity index (χ2n) is 4.89. The number of anilines is 1. The Morgan fingerprint density at radius 2 is 1.84 bits per heavy atom. The van der Waals surface area contributed by atoms with Crippen molar-refractivity contribution in [3.05, 3.63) is 58.9 Å². The third kappa shape index (κ3) is 3.05. The third-order valence-electron chi connectivity index (χ3n) is 3.20. The predicted octanol–water partition coefficient (Wildman–Crippen LogP) is 4.32. The summed E-state index contributed by atoms with van der Waals surface area (Å²) in [6.07, 6.45) is 0. The SMILES string of the molecule is Cc1ccc(O)c(C(C)Nc2ccc(C)c(F)c2)c1. The zero-order valence-corrected chi connectivity index (χ0v) is 11.4. The van der Waals surface area contributed by atoms with E-state index < -0.39 is 0 Å². The molecule has 1 unspecified atom stereocenters. The molecule has 2 aromatic rings. The zero-order valence-electron chi connectivity index (χ0n) is 11.4. The number of nitrogens with one attached hydrogen (secondary N) is 1. The number of aromatic hydroxyl groups is 1. The molecular formula is C16H18FNO.